The Kier molecular flexibility index (Phi) is 3.56. The van der Waals surface area contributed by atoms with Gasteiger partial charge in [-0.05, 0) is 12.5 Å². The number of carbonyl (C=O) groups excluding carboxylic acids is 1. The van der Waals surface area contributed by atoms with Gasteiger partial charge in [0, 0.05) is 17.7 Å². The van der Waals surface area contributed by atoms with Gasteiger partial charge in [-0.1, -0.05) is 31.5 Å². The highest BCUT2D eigenvalue weighted by Crippen LogP contribution is 2.33. The predicted octanol–water partition coefficient (Wildman–Crippen LogP) is 2.18. The molecular weight excluding hydrogens is 258 g/mol. The number of amides is 2. The van der Waals surface area contributed by atoms with Crippen LogP contribution in [0.3, 0.4) is 0 Å². The number of benzene rings is 1. The summed E-state index contributed by atoms with van der Waals surface area (Å²) in [5.41, 5.74) is 1.79. The summed E-state index contributed by atoms with van der Waals surface area (Å²) in [5, 5.41) is 8.42. The van der Waals surface area contributed by atoms with Crippen LogP contribution < -0.4 is 5.32 Å². The van der Waals surface area contributed by atoms with Gasteiger partial charge in [0.2, 0.25) is 5.90 Å². The predicted molar refractivity (Wildman–Crippen MR) is 72.9 cm³/mol. The molecule has 0 spiro atoms. The number of fused-ring (bicyclic) bond motifs is 3. The minimum absolute atomic E-state index is 0.0942. The van der Waals surface area contributed by atoms with E-state index in [0.29, 0.717) is 12.4 Å². The van der Waals surface area contributed by atoms with Crippen LogP contribution >= 0.6 is 0 Å². The third-order valence-corrected chi connectivity index (χ3v) is 3.31. The average Bonchev–Trinajstić information content (AvgIpc) is 2.80. The number of urea groups is 1. The molecule has 0 radical (unpaired) electrons. The summed E-state index contributed by atoms with van der Waals surface area (Å²) in [6.07, 6.45) is 1.44. The van der Waals surface area contributed by atoms with E-state index in [9.17, 15) is 4.79 Å². The maximum absolute atomic E-state index is 12.2. The first-order valence-corrected chi connectivity index (χ1v) is 6.80. The summed E-state index contributed by atoms with van der Waals surface area (Å²) in [7, 11) is 0. The normalized spacial score (nSPS) is 19.8. The van der Waals surface area contributed by atoms with Crippen molar-refractivity contribution in [1.29, 1.82) is 0 Å². The zero-order valence-electron chi connectivity index (χ0n) is 11.3. The Balaban J connectivity index is 1.85. The largest absolute Gasteiger partial charge is 0.449 e. The van der Waals surface area contributed by atoms with Crippen molar-refractivity contribution in [1.82, 2.24) is 10.3 Å². The fraction of sp³-hybridized carbons (Fsp3) is 0.429. The third kappa shape index (κ3) is 2.22. The molecule has 0 aromatic heterocycles. The lowest BCUT2D eigenvalue weighted by Gasteiger charge is -2.28. The van der Waals surface area contributed by atoms with Crippen LogP contribution in [-0.2, 0) is 9.47 Å². The van der Waals surface area contributed by atoms with Crippen LogP contribution in [0.15, 0.2) is 29.4 Å². The van der Waals surface area contributed by atoms with E-state index in [1.165, 1.54) is 5.01 Å². The molecule has 1 N–H and O–H groups in total. The second kappa shape index (κ2) is 5.50. The molecule has 20 heavy (non-hydrogen) atoms. The molecule has 1 aromatic carbocycles. The molecule has 0 saturated heterocycles. The molecule has 106 valence electrons. The molecule has 1 atom stereocenters. The SMILES string of the molecule is CCCCNC(=O)N1N=C2OCOC1c1ccccc12. The third-order valence-electron chi connectivity index (χ3n) is 3.31. The van der Waals surface area contributed by atoms with E-state index in [4.69, 9.17) is 9.47 Å². The summed E-state index contributed by atoms with van der Waals surface area (Å²) < 4.78 is 11.0. The topological polar surface area (TPSA) is 63.2 Å². The van der Waals surface area contributed by atoms with Gasteiger partial charge in [0.05, 0.1) is 0 Å². The number of unbranched alkanes of at least 4 members (excludes halogenated alkanes) is 1. The van der Waals surface area contributed by atoms with Gasteiger partial charge in [-0.15, -0.1) is 5.10 Å². The first-order chi connectivity index (χ1) is 9.81. The van der Waals surface area contributed by atoms with Crippen LogP contribution in [0.5, 0.6) is 0 Å². The number of nitrogens with zero attached hydrogens (tertiary/aromatic N) is 2. The van der Waals surface area contributed by atoms with Crippen molar-refractivity contribution in [2.24, 2.45) is 5.10 Å². The Morgan fingerprint density at radius 2 is 2.35 bits per heavy atom. The van der Waals surface area contributed by atoms with Gasteiger partial charge in [-0.3, -0.25) is 0 Å². The zero-order chi connectivity index (χ0) is 13.9. The van der Waals surface area contributed by atoms with Gasteiger partial charge in [-0.25, -0.2) is 4.79 Å². The summed E-state index contributed by atoms with van der Waals surface area (Å²) >= 11 is 0. The van der Waals surface area contributed by atoms with Crippen LogP contribution in [0.4, 0.5) is 4.79 Å². The van der Waals surface area contributed by atoms with Crippen molar-refractivity contribution in [3.63, 3.8) is 0 Å². The number of ether oxygens (including phenoxy) is 2. The molecule has 4 rings (SSSR count). The van der Waals surface area contributed by atoms with E-state index in [-0.39, 0.29) is 12.8 Å². The number of hydrazone groups is 1. The average molecular weight is 275 g/mol. The fourth-order valence-electron chi connectivity index (χ4n) is 2.27. The van der Waals surface area contributed by atoms with Crippen molar-refractivity contribution >= 4 is 11.9 Å². The van der Waals surface area contributed by atoms with E-state index in [1.807, 2.05) is 24.3 Å². The second-order valence-corrected chi connectivity index (χ2v) is 4.70. The van der Waals surface area contributed by atoms with Gasteiger partial charge in [0.15, 0.2) is 13.0 Å². The summed E-state index contributed by atoms with van der Waals surface area (Å²) in [6, 6.07) is 7.41. The van der Waals surface area contributed by atoms with Crippen molar-refractivity contribution in [2.75, 3.05) is 13.3 Å². The molecule has 2 amide bonds. The van der Waals surface area contributed by atoms with Crippen molar-refractivity contribution in [3.05, 3.63) is 35.4 Å². The van der Waals surface area contributed by atoms with Crippen LogP contribution in [-0.4, -0.2) is 30.3 Å². The van der Waals surface area contributed by atoms with Crippen LogP contribution in [0.1, 0.15) is 37.1 Å². The maximum atomic E-state index is 12.2. The van der Waals surface area contributed by atoms with Crippen LogP contribution in [0.25, 0.3) is 0 Å². The molecule has 1 aromatic rings. The Labute approximate surface area is 117 Å². The molecule has 2 bridgehead atoms. The molecule has 0 saturated carbocycles. The number of carbonyl (C=O) groups is 1. The Morgan fingerprint density at radius 1 is 1.50 bits per heavy atom. The zero-order valence-corrected chi connectivity index (χ0v) is 11.3. The highest BCUT2D eigenvalue weighted by Gasteiger charge is 2.36. The first kappa shape index (κ1) is 12.9. The lowest BCUT2D eigenvalue weighted by molar-refractivity contribution is -0.0830. The molecule has 1 unspecified atom stereocenters. The monoisotopic (exact) mass is 275 g/mol. The van der Waals surface area contributed by atoms with Gasteiger partial charge in [0.25, 0.3) is 0 Å². The molecule has 3 aliphatic rings. The minimum Gasteiger partial charge on any atom is -0.449 e. The second-order valence-electron chi connectivity index (χ2n) is 4.70. The van der Waals surface area contributed by atoms with Gasteiger partial charge >= 0.3 is 6.03 Å². The van der Waals surface area contributed by atoms with Gasteiger partial charge < -0.3 is 14.8 Å². The van der Waals surface area contributed by atoms with E-state index in [2.05, 4.69) is 17.3 Å². The fourth-order valence-corrected chi connectivity index (χ4v) is 2.27. The Morgan fingerprint density at radius 3 is 3.20 bits per heavy atom. The molecule has 6 heteroatoms. The number of nitrogens with one attached hydrogen (secondary N) is 1. The lowest BCUT2D eigenvalue weighted by Crippen LogP contribution is -2.42. The first-order valence-electron chi connectivity index (χ1n) is 6.80. The minimum atomic E-state index is -0.529. The molecule has 0 aliphatic carbocycles. The van der Waals surface area contributed by atoms with Crippen LogP contribution in [0, 0.1) is 0 Å². The lowest BCUT2D eigenvalue weighted by atomic mass is 10.0. The van der Waals surface area contributed by atoms with Gasteiger partial charge in [-0.2, -0.15) is 5.01 Å². The smallest absolute Gasteiger partial charge is 0.340 e. The highest BCUT2D eigenvalue weighted by molar-refractivity contribution is 5.97. The maximum Gasteiger partial charge on any atom is 0.340 e. The summed E-state index contributed by atoms with van der Waals surface area (Å²) in [6.45, 7) is 2.80. The molecule has 0 fully saturated rings. The van der Waals surface area contributed by atoms with E-state index in [0.717, 1.165) is 24.0 Å². The number of hydrogen-bond donors (Lipinski definition) is 1. The van der Waals surface area contributed by atoms with E-state index >= 15 is 0 Å². The quantitative estimate of drug-likeness (QED) is 0.860. The van der Waals surface area contributed by atoms with Crippen LogP contribution in [0.2, 0.25) is 0 Å². The standard InChI is InChI=1S/C14H17N3O3/c1-2-3-8-15-14(18)17-13-11-7-5-4-6-10(11)12(16-17)19-9-20-13/h4-7,13H,2-3,8-9H2,1H3,(H,15,18). The van der Waals surface area contributed by atoms with Crippen molar-refractivity contribution < 1.29 is 14.3 Å². The summed E-state index contributed by atoms with van der Waals surface area (Å²) in [5.74, 6) is 0.431. The van der Waals surface area contributed by atoms with E-state index < -0.39 is 6.23 Å². The van der Waals surface area contributed by atoms with Crippen molar-refractivity contribution in [2.45, 2.75) is 26.0 Å². The number of rotatable bonds is 3. The van der Waals surface area contributed by atoms with Crippen molar-refractivity contribution in [3.8, 4) is 0 Å². The number of hydrogen-bond acceptors (Lipinski definition) is 4. The highest BCUT2D eigenvalue weighted by atomic mass is 16.7. The molecule has 6 nitrogen and oxygen atoms in total. The molecular formula is C14H17N3O3. The molecule has 3 heterocycles. The summed E-state index contributed by atoms with van der Waals surface area (Å²) in [4.78, 5) is 12.2. The Bertz CT molecular complexity index is 544. The Hall–Kier alpha value is -2.08. The van der Waals surface area contributed by atoms with E-state index in [1.54, 1.807) is 0 Å². The van der Waals surface area contributed by atoms with Gasteiger partial charge in [0.1, 0.15) is 0 Å². The molecule has 3 aliphatic heterocycles.